The minimum atomic E-state index is -1.82. The van der Waals surface area contributed by atoms with Gasteiger partial charge in [-0.3, -0.25) is 57.7 Å². The monoisotopic (exact) mass is 1280 g/mol. The summed E-state index contributed by atoms with van der Waals surface area (Å²) in [5.74, 6) is -14.1. The summed E-state index contributed by atoms with van der Waals surface area (Å²) in [7, 11) is 1.60. The molecule has 10 amide bonds. The molecule has 0 aromatic heterocycles. The van der Waals surface area contributed by atoms with Crippen LogP contribution in [0.1, 0.15) is 146 Å². The molecule has 1 heterocycles. The Kier molecular flexibility index (Phi) is 35.0. The summed E-state index contributed by atoms with van der Waals surface area (Å²) >= 11 is 0. The summed E-state index contributed by atoms with van der Waals surface area (Å²) in [6.45, 7) is 16.7. The average Bonchev–Trinajstić information content (AvgIpc) is 1.89. The Morgan fingerprint density at radius 3 is 1.59 bits per heavy atom. The number of esters is 1. The van der Waals surface area contributed by atoms with Gasteiger partial charge in [0.1, 0.15) is 60.5 Å². The zero-order valence-corrected chi connectivity index (χ0v) is 55.0. The molecule has 0 aliphatic carbocycles. The zero-order chi connectivity index (χ0) is 68.8. The van der Waals surface area contributed by atoms with E-state index in [1.54, 1.807) is 62.4 Å². The van der Waals surface area contributed by atoms with Crippen LogP contribution in [0.4, 0.5) is 0 Å². The molecule has 1 aliphatic heterocycles. The van der Waals surface area contributed by atoms with Gasteiger partial charge in [0.2, 0.25) is 59.1 Å². The normalized spacial score (nSPS) is 20.9. The highest BCUT2D eigenvalue weighted by Gasteiger charge is 2.41. The van der Waals surface area contributed by atoms with Crippen molar-refractivity contribution in [1.82, 2.24) is 53.2 Å². The molecule has 29 nitrogen and oxygen atoms in total. The van der Waals surface area contributed by atoms with Crippen molar-refractivity contribution < 1.29 is 72.5 Å². The number of ketones is 1. The van der Waals surface area contributed by atoms with Gasteiger partial charge in [-0.2, -0.15) is 0 Å². The standard InChI is InChI=1S/C62H104N14O15/c1-13-33(7)47(73-54(83)41(66-12)28-38-21-18-17-19-22-38)58(87)70-43(30-77)56(85)68-40(24-25-46(63)80)53(82)72-49(35(9)15-3)60(89)74-48(34(8)14-2)59(88)71-44(31-78)57(86)76-51-37(11)91-61(90)50(36(10)16-4)75-55(84)42(27-32(5)6)69-52(81)39(29-45(51)79)23-20-26-67-62(64)65/h17-19,21-22,32-37,39-44,47-51,66,77-78H,13-16,20,23-31H2,1-12H3,(H2,63,80)(H,68,85)(H,69,81)(H,70,87)(H,71,88)(H,72,82)(H,73,83)(H,74,89)(H,75,84)(H,76,86)(H4,64,65,67)/t33-,34-,35+,36-,37-,39+,40+,41+,42-,43-,44-,47-,48-,49+,50-,51+/m0/s1. The van der Waals surface area contributed by atoms with Crippen molar-refractivity contribution in [2.75, 3.05) is 26.8 Å². The molecule has 2 rings (SSSR count). The quantitative estimate of drug-likeness (QED) is 0.0153. The van der Waals surface area contributed by atoms with Crippen molar-refractivity contribution >= 4 is 76.8 Å². The molecule has 1 aromatic rings. The Labute approximate surface area is 534 Å². The van der Waals surface area contributed by atoms with E-state index >= 15 is 0 Å². The first-order valence-electron chi connectivity index (χ1n) is 31.6. The van der Waals surface area contributed by atoms with Gasteiger partial charge in [0.15, 0.2) is 11.7 Å². The van der Waals surface area contributed by atoms with Crippen molar-refractivity contribution in [2.45, 2.75) is 213 Å². The first kappa shape index (κ1) is 79.3. The molecule has 29 heteroatoms. The van der Waals surface area contributed by atoms with Crippen LogP contribution in [-0.4, -0.2) is 180 Å². The van der Waals surface area contributed by atoms with E-state index in [1.807, 2.05) is 44.2 Å². The molecule has 0 spiro atoms. The number of nitrogens with one attached hydrogen (secondary N) is 10. The van der Waals surface area contributed by atoms with Crippen molar-refractivity contribution in [1.29, 1.82) is 0 Å². The van der Waals surface area contributed by atoms with Crippen LogP contribution in [0, 0.1) is 35.5 Å². The number of benzene rings is 1. The molecule has 1 aliphatic rings. The Morgan fingerprint density at radius 2 is 1.12 bits per heavy atom. The van der Waals surface area contributed by atoms with Gasteiger partial charge in [-0.15, -0.1) is 0 Å². The lowest BCUT2D eigenvalue weighted by Crippen LogP contribution is -2.63. The maximum Gasteiger partial charge on any atom is 0.329 e. The fourth-order valence-electron chi connectivity index (χ4n) is 9.97. The van der Waals surface area contributed by atoms with Gasteiger partial charge < -0.3 is 85.3 Å². The van der Waals surface area contributed by atoms with E-state index in [0.717, 1.165) is 5.56 Å². The number of nitrogens with zero attached hydrogens (tertiary/aromatic N) is 1. The van der Waals surface area contributed by atoms with Gasteiger partial charge in [-0.1, -0.05) is 125 Å². The van der Waals surface area contributed by atoms with Crippen LogP contribution in [0.5, 0.6) is 0 Å². The van der Waals surface area contributed by atoms with Crippen molar-refractivity contribution in [3.63, 3.8) is 0 Å². The number of rotatable bonds is 36. The number of cyclic esters (lactones) is 1. The van der Waals surface area contributed by atoms with Crippen LogP contribution in [0.25, 0.3) is 0 Å². The Bertz CT molecular complexity index is 2630. The third-order valence-electron chi connectivity index (χ3n) is 16.6. The number of carbonyl (C=O) groups is 12. The van der Waals surface area contributed by atoms with Crippen LogP contribution < -0.4 is 70.4 Å². The summed E-state index contributed by atoms with van der Waals surface area (Å²) in [6, 6.07) is -4.81. The number of primary amides is 1. The van der Waals surface area contributed by atoms with Crippen LogP contribution in [0.3, 0.4) is 0 Å². The van der Waals surface area contributed by atoms with Crippen LogP contribution in [-0.2, 0) is 68.7 Å². The Hall–Kier alpha value is -7.79. The molecular weight excluding hydrogens is 1180 g/mol. The first-order valence-corrected chi connectivity index (χ1v) is 31.6. The van der Waals surface area contributed by atoms with E-state index in [0.29, 0.717) is 19.3 Å². The molecule has 91 heavy (non-hydrogen) atoms. The highest BCUT2D eigenvalue weighted by atomic mass is 16.5. The number of carbonyl (C=O) groups excluding carboxylic acids is 12. The summed E-state index contributed by atoms with van der Waals surface area (Å²) < 4.78 is 5.83. The fourth-order valence-corrected chi connectivity index (χ4v) is 9.97. The molecule has 1 aromatic carbocycles. The molecule has 18 N–H and O–H groups in total. The molecular formula is C62H104N14O15. The molecule has 0 bridgehead atoms. The molecule has 512 valence electrons. The number of ether oxygens (including phenoxy) is 1. The number of aliphatic hydroxyl groups is 2. The Morgan fingerprint density at radius 1 is 0.637 bits per heavy atom. The smallest absolute Gasteiger partial charge is 0.329 e. The van der Waals surface area contributed by atoms with E-state index in [1.165, 1.54) is 6.92 Å². The van der Waals surface area contributed by atoms with Gasteiger partial charge in [0.25, 0.3) is 0 Å². The molecule has 0 radical (unpaired) electrons. The molecule has 16 atom stereocenters. The lowest BCUT2D eigenvalue weighted by atomic mass is 9.91. The second kappa shape index (κ2) is 40.1. The van der Waals surface area contributed by atoms with Gasteiger partial charge >= 0.3 is 5.97 Å². The van der Waals surface area contributed by atoms with E-state index in [-0.39, 0.29) is 50.5 Å². The molecule has 1 fully saturated rings. The third-order valence-corrected chi connectivity index (χ3v) is 16.6. The van der Waals surface area contributed by atoms with E-state index in [4.69, 9.17) is 21.9 Å². The predicted molar refractivity (Wildman–Crippen MR) is 339 cm³/mol. The SMILES string of the molecule is CC[C@@H](C)[C@@H](NC(=O)[C@@H](CCC(N)=O)NC(=O)[C@H](CO)NC(=O)[C@@H](NC(=O)[C@@H](Cc1ccccc1)NC)[C@@H](C)CC)C(=O)N[C@H](C(=O)N[C@@H](CO)C(=O)N[C@H]1C(=O)C[C@@H](CCCN=C(N)N)C(=O)N[C@@H](CC(C)C)C(=O)N[C@@H]([C@@H](C)CC)C(=O)O[C@H]1C)[C@@H](C)CC. The number of Topliss-reactive ketones (excluding diaryl/α,β-unsaturated/α-hetero) is 1. The highest BCUT2D eigenvalue weighted by molar-refractivity contribution is 6.00. The number of likely N-dealkylation sites (N-methyl/N-ethyl adjacent to an activating group) is 1. The lowest BCUT2D eigenvalue weighted by Gasteiger charge is -2.31. The van der Waals surface area contributed by atoms with Gasteiger partial charge in [0, 0.05) is 25.3 Å². The first-order chi connectivity index (χ1) is 42.9. The van der Waals surface area contributed by atoms with Gasteiger partial charge in [0.05, 0.1) is 19.3 Å². The van der Waals surface area contributed by atoms with Crippen LogP contribution in [0.2, 0.25) is 0 Å². The zero-order valence-electron chi connectivity index (χ0n) is 55.0. The summed E-state index contributed by atoms with van der Waals surface area (Å²) in [5.41, 5.74) is 17.4. The van der Waals surface area contributed by atoms with Crippen molar-refractivity contribution in [3.05, 3.63) is 35.9 Å². The number of hydrogen-bond acceptors (Lipinski definition) is 17. The van der Waals surface area contributed by atoms with Gasteiger partial charge in [-0.25, -0.2) is 4.79 Å². The summed E-state index contributed by atoms with van der Waals surface area (Å²) in [6.07, 6.45) is -0.821. The number of guanidine groups is 1. The highest BCUT2D eigenvalue weighted by Crippen LogP contribution is 2.21. The average molecular weight is 1290 g/mol. The van der Waals surface area contributed by atoms with E-state index in [9.17, 15) is 67.7 Å². The van der Waals surface area contributed by atoms with Crippen molar-refractivity contribution in [2.24, 2.45) is 57.7 Å². The summed E-state index contributed by atoms with van der Waals surface area (Å²) in [5, 5.41) is 47.4. The van der Waals surface area contributed by atoms with Crippen LogP contribution in [0.15, 0.2) is 35.3 Å². The second-order valence-electron chi connectivity index (χ2n) is 24.2. The predicted octanol–water partition coefficient (Wildman–Crippen LogP) is -1.76. The molecule has 0 unspecified atom stereocenters. The molecule has 0 saturated carbocycles. The van der Waals surface area contributed by atoms with E-state index < -0.39 is 199 Å². The van der Waals surface area contributed by atoms with E-state index in [2.05, 4.69) is 58.2 Å². The number of aliphatic hydroxyl groups excluding tert-OH is 2. The topological polar surface area (TPSA) is 465 Å². The number of hydrogen-bond donors (Lipinski definition) is 15. The van der Waals surface area contributed by atoms with Crippen LogP contribution >= 0.6 is 0 Å². The maximum atomic E-state index is 14.5. The maximum absolute atomic E-state index is 14.5. The van der Waals surface area contributed by atoms with Gasteiger partial charge in [-0.05, 0) is 81.2 Å². The summed E-state index contributed by atoms with van der Waals surface area (Å²) in [4.78, 5) is 171. The number of amides is 10. The number of nitrogens with two attached hydrogens (primary N) is 3. The minimum absolute atomic E-state index is 0.0324. The Balaban J connectivity index is 2.48. The largest absolute Gasteiger partial charge is 0.458 e. The second-order valence-corrected chi connectivity index (χ2v) is 24.2. The fraction of sp³-hybridized carbons (Fsp3) is 0.694. The lowest BCUT2D eigenvalue weighted by molar-refractivity contribution is -0.157. The number of aliphatic imine (C=N–C) groups is 1. The molecule has 1 saturated heterocycles. The third kappa shape index (κ3) is 26.2. The van der Waals surface area contributed by atoms with Crippen molar-refractivity contribution in [3.8, 4) is 0 Å². The minimum Gasteiger partial charge on any atom is -0.458 e.